The lowest BCUT2D eigenvalue weighted by atomic mass is 10.1. The molecular formula is C14H18N2OS. The summed E-state index contributed by atoms with van der Waals surface area (Å²) in [6.07, 6.45) is 0.0615. The molecule has 1 aromatic heterocycles. The SMILES string of the molecule is CCOC(C)c1nc(-c2cccc(CN)c2)cs1. The Morgan fingerprint density at radius 3 is 3.00 bits per heavy atom. The second-order valence-electron chi connectivity index (χ2n) is 4.07. The molecule has 1 unspecified atom stereocenters. The van der Waals surface area contributed by atoms with Gasteiger partial charge < -0.3 is 10.5 Å². The number of nitrogens with zero attached hydrogens (tertiary/aromatic N) is 1. The zero-order valence-corrected chi connectivity index (χ0v) is 11.5. The van der Waals surface area contributed by atoms with E-state index in [1.165, 1.54) is 0 Å². The minimum atomic E-state index is 0.0615. The average Bonchev–Trinajstić information content (AvgIpc) is 2.89. The van der Waals surface area contributed by atoms with Crippen LogP contribution in [0.15, 0.2) is 29.6 Å². The van der Waals surface area contributed by atoms with E-state index >= 15 is 0 Å². The second kappa shape index (κ2) is 6.09. The smallest absolute Gasteiger partial charge is 0.122 e. The minimum absolute atomic E-state index is 0.0615. The predicted octanol–water partition coefficient (Wildman–Crippen LogP) is 3.37. The van der Waals surface area contributed by atoms with Crippen LogP contribution in [0.4, 0.5) is 0 Å². The van der Waals surface area contributed by atoms with Crippen LogP contribution in [0, 0.1) is 0 Å². The molecule has 0 amide bonds. The van der Waals surface area contributed by atoms with E-state index < -0.39 is 0 Å². The first-order valence-corrected chi connectivity index (χ1v) is 6.99. The molecular weight excluding hydrogens is 244 g/mol. The summed E-state index contributed by atoms with van der Waals surface area (Å²) in [6.45, 7) is 5.29. The second-order valence-corrected chi connectivity index (χ2v) is 4.96. The topological polar surface area (TPSA) is 48.1 Å². The number of hydrogen-bond acceptors (Lipinski definition) is 4. The molecule has 1 atom stereocenters. The summed E-state index contributed by atoms with van der Waals surface area (Å²) in [5.41, 5.74) is 8.89. The summed E-state index contributed by atoms with van der Waals surface area (Å²) in [6, 6.07) is 8.19. The van der Waals surface area contributed by atoms with Crippen LogP contribution in [0.1, 0.15) is 30.5 Å². The van der Waals surface area contributed by atoms with Crippen LogP contribution in [0.3, 0.4) is 0 Å². The van der Waals surface area contributed by atoms with Gasteiger partial charge in [0.25, 0.3) is 0 Å². The maximum atomic E-state index is 5.65. The van der Waals surface area contributed by atoms with Crippen molar-refractivity contribution in [1.29, 1.82) is 0 Å². The number of hydrogen-bond donors (Lipinski definition) is 1. The lowest BCUT2D eigenvalue weighted by Gasteiger charge is -2.07. The molecule has 18 heavy (non-hydrogen) atoms. The van der Waals surface area contributed by atoms with Crippen molar-refractivity contribution in [3.8, 4) is 11.3 Å². The molecule has 0 saturated carbocycles. The van der Waals surface area contributed by atoms with Crippen molar-refractivity contribution in [3.05, 3.63) is 40.2 Å². The third-order valence-electron chi connectivity index (χ3n) is 2.74. The standard InChI is InChI=1S/C14H18N2OS/c1-3-17-10(2)14-16-13(9-18-14)12-6-4-5-11(7-12)8-15/h4-7,9-10H,3,8,15H2,1-2H3. The van der Waals surface area contributed by atoms with Gasteiger partial charge in [-0.2, -0.15) is 0 Å². The van der Waals surface area contributed by atoms with Gasteiger partial charge in [-0.05, 0) is 25.5 Å². The summed E-state index contributed by atoms with van der Waals surface area (Å²) < 4.78 is 5.55. The molecule has 96 valence electrons. The Labute approximate surface area is 112 Å². The van der Waals surface area contributed by atoms with E-state index in [0.717, 1.165) is 21.8 Å². The van der Waals surface area contributed by atoms with Gasteiger partial charge in [0, 0.05) is 24.1 Å². The summed E-state index contributed by atoms with van der Waals surface area (Å²) in [5, 5.41) is 3.09. The normalized spacial score (nSPS) is 12.6. The molecule has 0 aliphatic carbocycles. The molecule has 2 N–H and O–H groups in total. The number of thiazole rings is 1. The fourth-order valence-electron chi connectivity index (χ4n) is 1.79. The van der Waals surface area contributed by atoms with Gasteiger partial charge in [-0.25, -0.2) is 4.98 Å². The maximum Gasteiger partial charge on any atom is 0.122 e. The van der Waals surface area contributed by atoms with Crippen LogP contribution in [-0.2, 0) is 11.3 Å². The van der Waals surface area contributed by atoms with Crippen molar-refractivity contribution in [1.82, 2.24) is 4.98 Å². The van der Waals surface area contributed by atoms with Gasteiger partial charge in [-0.3, -0.25) is 0 Å². The summed E-state index contributed by atoms with van der Waals surface area (Å²) in [7, 11) is 0. The first kappa shape index (κ1) is 13.2. The molecule has 0 fully saturated rings. The van der Waals surface area contributed by atoms with Crippen molar-refractivity contribution in [2.45, 2.75) is 26.5 Å². The van der Waals surface area contributed by atoms with Gasteiger partial charge >= 0.3 is 0 Å². The molecule has 0 bridgehead atoms. The number of ether oxygens (including phenoxy) is 1. The van der Waals surface area contributed by atoms with Gasteiger partial charge in [0.15, 0.2) is 0 Å². The summed E-state index contributed by atoms with van der Waals surface area (Å²) in [4.78, 5) is 4.63. The van der Waals surface area contributed by atoms with E-state index in [1.54, 1.807) is 11.3 Å². The zero-order valence-electron chi connectivity index (χ0n) is 10.7. The highest BCUT2D eigenvalue weighted by molar-refractivity contribution is 7.10. The fourth-order valence-corrected chi connectivity index (χ4v) is 2.62. The van der Waals surface area contributed by atoms with E-state index in [9.17, 15) is 0 Å². The van der Waals surface area contributed by atoms with Crippen LogP contribution < -0.4 is 5.73 Å². The van der Waals surface area contributed by atoms with Crippen LogP contribution in [0.2, 0.25) is 0 Å². The Kier molecular flexibility index (Phi) is 4.47. The van der Waals surface area contributed by atoms with Crippen LogP contribution in [-0.4, -0.2) is 11.6 Å². The van der Waals surface area contributed by atoms with E-state index in [-0.39, 0.29) is 6.10 Å². The molecule has 0 spiro atoms. The molecule has 0 aliphatic rings. The van der Waals surface area contributed by atoms with E-state index in [1.807, 2.05) is 26.0 Å². The zero-order chi connectivity index (χ0) is 13.0. The molecule has 2 rings (SSSR count). The highest BCUT2D eigenvalue weighted by atomic mass is 32.1. The first-order valence-electron chi connectivity index (χ1n) is 6.11. The number of aromatic nitrogens is 1. The number of nitrogens with two attached hydrogens (primary N) is 1. The van der Waals surface area contributed by atoms with Crippen LogP contribution >= 0.6 is 11.3 Å². The van der Waals surface area contributed by atoms with Crippen molar-refractivity contribution in [3.63, 3.8) is 0 Å². The molecule has 4 heteroatoms. The Morgan fingerprint density at radius 1 is 1.44 bits per heavy atom. The van der Waals surface area contributed by atoms with Gasteiger partial charge in [-0.15, -0.1) is 11.3 Å². The van der Waals surface area contributed by atoms with Gasteiger partial charge in [0.2, 0.25) is 0 Å². The highest BCUT2D eigenvalue weighted by Gasteiger charge is 2.11. The predicted molar refractivity (Wildman–Crippen MR) is 75.5 cm³/mol. The molecule has 1 aromatic carbocycles. The highest BCUT2D eigenvalue weighted by Crippen LogP contribution is 2.27. The largest absolute Gasteiger partial charge is 0.372 e. The number of rotatable bonds is 5. The van der Waals surface area contributed by atoms with Crippen LogP contribution in [0.5, 0.6) is 0 Å². The van der Waals surface area contributed by atoms with Gasteiger partial charge in [0.05, 0.1) is 5.69 Å². The van der Waals surface area contributed by atoms with E-state index in [2.05, 4.69) is 22.5 Å². The van der Waals surface area contributed by atoms with Gasteiger partial charge in [0.1, 0.15) is 11.1 Å². The summed E-state index contributed by atoms with van der Waals surface area (Å²) >= 11 is 1.64. The molecule has 1 heterocycles. The van der Waals surface area contributed by atoms with Crippen LogP contribution in [0.25, 0.3) is 11.3 Å². The maximum absolute atomic E-state index is 5.65. The lowest BCUT2D eigenvalue weighted by Crippen LogP contribution is -1.99. The monoisotopic (exact) mass is 262 g/mol. The Morgan fingerprint density at radius 2 is 2.28 bits per heavy atom. The Balaban J connectivity index is 2.23. The minimum Gasteiger partial charge on any atom is -0.372 e. The van der Waals surface area contributed by atoms with E-state index in [4.69, 9.17) is 10.5 Å². The number of benzene rings is 1. The average molecular weight is 262 g/mol. The first-order chi connectivity index (χ1) is 8.74. The molecule has 0 saturated heterocycles. The molecule has 2 aromatic rings. The molecule has 0 radical (unpaired) electrons. The van der Waals surface area contributed by atoms with Crippen molar-refractivity contribution < 1.29 is 4.74 Å². The fraction of sp³-hybridized carbons (Fsp3) is 0.357. The Bertz CT molecular complexity index is 510. The van der Waals surface area contributed by atoms with Crippen molar-refractivity contribution in [2.24, 2.45) is 5.73 Å². The van der Waals surface area contributed by atoms with E-state index in [0.29, 0.717) is 13.2 Å². The molecule has 0 aliphatic heterocycles. The summed E-state index contributed by atoms with van der Waals surface area (Å²) in [5.74, 6) is 0. The third kappa shape index (κ3) is 2.96. The van der Waals surface area contributed by atoms with Gasteiger partial charge in [-0.1, -0.05) is 18.2 Å². The lowest BCUT2D eigenvalue weighted by molar-refractivity contribution is 0.0762. The molecule has 3 nitrogen and oxygen atoms in total. The Hall–Kier alpha value is -1.23. The third-order valence-corrected chi connectivity index (χ3v) is 3.75. The quantitative estimate of drug-likeness (QED) is 0.898. The van der Waals surface area contributed by atoms with Crippen molar-refractivity contribution >= 4 is 11.3 Å². The van der Waals surface area contributed by atoms with Crippen molar-refractivity contribution in [2.75, 3.05) is 6.61 Å².